The zero-order valence-corrected chi connectivity index (χ0v) is 19.6. The molecule has 0 aliphatic heterocycles. The second-order valence-corrected chi connectivity index (χ2v) is 9.93. The topological polar surface area (TPSA) is 58.6 Å². The van der Waals surface area contributed by atoms with Gasteiger partial charge in [0.2, 0.25) is 0 Å². The summed E-state index contributed by atoms with van der Waals surface area (Å²) in [7, 11) is 0. The number of fused-ring (bicyclic) bond motifs is 2. The summed E-state index contributed by atoms with van der Waals surface area (Å²) in [6.07, 6.45) is 1.79. The van der Waals surface area contributed by atoms with Crippen LogP contribution in [0, 0.1) is 23.2 Å². The molecule has 2 aromatic carbocycles. The molecule has 32 heavy (non-hydrogen) atoms. The Hall–Kier alpha value is -2.53. The third-order valence-electron chi connectivity index (χ3n) is 7.41. The fourth-order valence-corrected chi connectivity index (χ4v) is 5.63. The van der Waals surface area contributed by atoms with Gasteiger partial charge in [-0.2, -0.15) is 0 Å². The van der Waals surface area contributed by atoms with Crippen LogP contribution in [-0.2, 0) is 16.1 Å². The van der Waals surface area contributed by atoms with E-state index in [0.29, 0.717) is 29.8 Å². The number of ether oxygens (including phenoxy) is 1. The maximum atomic E-state index is 13.6. The molecule has 4 unspecified atom stereocenters. The molecule has 5 nitrogen and oxygen atoms in total. The molecule has 4 atom stereocenters. The van der Waals surface area contributed by atoms with Crippen molar-refractivity contribution in [2.45, 2.75) is 46.2 Å². The van der Waals surface area contributed by atoms with Gasteiger partial charge >= 0.3 is 12.0 Å². The van der Waals surface area contributed by atoms with E-state index in [1.165, 1.54) is 0 Å². The number of nitrogens with zero attached hydrogens (tertiary/aromatic N) is 1. The number of urea groups is 1. The minimum Gasteiger partial charge on any atom is -0.466 e. The van der Waals surface area contributed by atoms with Crippen molar-refractivity contribution in [1.82, 2.24) is 4.90 Å². The summed E-state index contributed by atoms with van der Waals surface area (Å²) in [4.78, 5) is 28.5. The van der Waals surface area contributed by atoms with Gasteiger partial charge in [0.1, 0.15) is 0 Å². The minimum atomic E-state index is -0.314. The smallest absolute Gasteiger partial charge is 0.322 e. The van der Waals surface area contributed by atoms with Crippen molar-refractivity contribution in [2.24, 2.45) is 23.2 Å². The molecule has 0 spiro atoms. The van der Waals surface area contributed by atoms with Gasteiger partial charge in [-0.05, 0) is 66.8 Å². The predicted molar refractivity (Wildman–Crippen MR) is 126 cm³/mol. The van der Waals surface area contributed by atoms with Crippen molar-refractivity contribution in [3.05, 3.63) is 65.2 Å². The first-order valence-corrected chi connectivity index (χ1v) is 11.7. The average Bonchev–Trinajstić information content (AvgIpc) is 2.79. The Morgan fingerprint density at radius 1 is 1.09 bits per heavy atom. The van der Waals surface area contributed by atoms with E-state index in [0.717, 1.165) is 18.4 Å². The first-order chi connectivity index (χ1) is 15.3. The number of esters is 1. The minimum absolute atomic E-state index is 0.0865. The summed E-state index contributed by atoms with van der Waals surface area (Å²) in [5, 5.41) is 3.63. The van der Waals surface area contributed by atoms with Gasteiger partial charge in [0, 0.05) is 17.3 Å². The van der Waals surface area contributed by atoms with Crippen molar-refractivity contribution in [2.75, 3.05) is 11.9 Å². The highest BCUT2D eigenvalue weighted by atomic mass is 35.5. The predicted octanol–water partition coefficient (Wildman–Crippen LogP) is 5.99. The lowest BCUT2D eigenvalue weighted by Crippen LogP contribution is -2.66. The van der Waals surface area contributed by atoms with Gasteiger partial charge in [0.25, 0.3) is 0 Å². The number of rotatable bonds is 6. The molecule has 0 heterocycles. The number of halogens is 1. The molecule has 0 saturated heterocycles. The molecule has 0 radical (unpaired) electrons. The van der Waals surface area contributed by atoms with Crippen molar-refractivity contribution in [3.63, 3.8) is 0 Å². The monoisotopic (exact) mass is 454 g/mol. The Morgan fingerprint density at radius 3 is 2.41 bits per heavy atom. The second-order valence-electron chi connectivity index (χ2n) is 9.50. The van der Waals surface area contributed by atoms with Crippen LogP contribution >= 0.6 is 11.6 Å². The summed E-state index contributed by atoms with van der Waals surface area (Å²) < 4.78 is 5.45. The number of carbonyl (C=O) groups is 2. The molecule has 170 valence electrons. The third-order valence-corrected chi connectivity index (χ3v) is 7.66. The van der Waals surface area contributed by atoms with Gasteiger partial charge in [-0.3, -0.25) is 4.79 Å². The van der Waals surface area contributed by atoms with Crippen LogP contribution in [0.25, 0.3) is 0 Å². The van der Waals surface area contributed by atoms with Crippen LogP contribution in [0.4, 0.5) is 10.5 Å². The highest BCUT2D eigenvalue weighted by Crippen LogP contribution is 2.62. The van der Waals surface area contributed by atoms with E-state index in [4.69, 9.17) is 16.3 Å². The van der Waals surface area contributed by atoms with Crippen LogP contribution < -0.4 is 5.32 Å². The van der Waals surface area contributed by atoms with Gasteiger partial charge < -0.3 is 15.0 Å². The van der Waals surface area contributed by atoms with Gasteiger partial charge in [-0.1, -0.05) is 55.8 Å². The number of nitrogens with one attached hydrogen (secondary N) is 1. The SMILES string of the molecule is CCOC(=O)C1CC2CC(C1N(Cc1ccccc1)C(=O)Nc1ccc(Cl)cc1)C2(C)C. The fourth-order valence-electron chi connectivity index (χ4n) is 5.50. The third kappa shape index (κ3) is 4.36. The molecule has 3 saturated carbocycles. The molecule has 3 aliphatic carbocycles. The zero-order valence-electron chi connectivity index (χ0n) is 18.9. The number of carbonyl (C=O) groups excluding carboxylic acids is 2. The molecular formula is C26H31ClN2O3. The normalized spacial score (nSPS) is 25.4. The molecular weight excluding hydrogens is 424 g/mol. The van der Waals surface area contributed by atoms with Gasteiger partial charge in [-0.25, -0.2) is 4.79 Å². The Morgan fingerprint density at radius 2 is 1.78 bits per heavy atom. The van der Waals surface area contributed by atoms with Crippen LogP contribution in [0.5, 0.6) is 0 Å². The van der Waals surface area contributed by atoms with Crippen molar-refractivity contribution < 1.29 is 14.3 Å². The maximum absolute atomic E-state index is 13.6. The largest absolute Gasteiger partial charge is 0.466 e. The Balaban J connectivity index is 1.68. The van der Waals surface area contributed by atoms with Crippen LogP contribution in [0.15, 0.2) is 54.6 Å². The molecule has 6 heteroatoms. The number of hydrogen-bond donors (Lipinski definition) is 1. The first-order valence-electron chi connectivity index (χ1n) is 11.3. The van der Waals surface area contributed by atoms with E-state index < -0.39 is 0 Å². The average molecular weight is 455 g/mol. The number of anilines is 1. The van der Waals surface area contributed by atoms with Crippen molar-refractivity contribution in [1.29, 1.82) is 0 Å². The molecule has 3 aliphatic rings. The van der Waals surface area contributed by atoms with E-state index in [-0.39, 0.29) is 35.3 Å². The van der Waals surface area contributed by atoms with E-state index >= 15 is 0 Å². The van der Waals surface area contributed by atoms with E-state index in [2.05, 4.69) is 19.2 Å². The molecule has 0 aromatic heterocycles. The van der Waals surface area contributed by atoms with E-state index in [1.54, 1.807) is 24.3 Å². The van der Waals surface area contributed by atoms with Crippen LogP contribution in [0.3, 0.4) is 0 Å². The summed E-state index contributed by atoms with van der Waals surface area (Å²) in [5.74, 6) is 0.220. The highest BCUT2D eigenvalue weighted by Gasteiger charge is 2.61. The standard InChI is InChI=1S/C26H31ClN2O3/c1-4-32-24(30)21-14-18-15-22(26(18,2)3)23(21)29(16-17-8-6-5-7-9-17)25(31)28-20-12-10-19(27)11-13-20/h5-13,18,21-23H,4,14-16H2,1-3H3,(H,28,31). The zero-order chi connectivity index (χ0) is 22.9. The van der Waals surface area contributed by atoms with Crippen LogP contribution in [0.2, 0.25) is 5.02 Å². The number of benzene rings is 2. The summed E-state index contributed by atoms with van der Waals surface area (Å²) in [6.45, 7) is 7.12. The van der Waals surface area contributed by atoms with Crippen LogP contribution in [-0.4, -0.2) is 29.5 Å². The lowest BCUT2D eigenvalue weighted by molar-refractivity contribution is -0.176. The molecule has 2 aromatic rings. The summed E-state index contributed by atoms with van der Waals surface area (Å²) >= 11 is 6.00. The summed E-state index contributed by atoms with van der Waals surface area (Å²) in [5.41, 5.74) is 1.79. The van der Waals surface area contributed by atoms with Crippen molar-refractivity contribution in [3.8, 4) is 0 Å². The van der Waals surface area contributed by atoms with Gasteiger partial charge in [0.15, 0.2) is 0 Å². The maximum Gasteiger partial charge on any atom is 0.322 e. The molecule has 2 bridgehead atoms. The van der Waals surface area contributed by atoms with E-state index in [9.17, 15) is 9.59 Å². The molecule has 1 N–H and O–H groups in total. The fraction of sp³-hybridized carbons (Fsp3) is 0.462. The highest BCUT2D eigenvalue weighted by molar-refractivity contribution is 6.30. The summed E-state index contributed by atoms with van der Waals surface area (Å²) in [6, 6.07) is 16.6. The van der Waals surface area contributed by atoms with Crippen LogP contribution in [0.1, 0.15) is 39.2 Å². The molecule has 5 rings (SSSR count). The van der Waals surface area contributed by atoms with Gasteiger partial charge in [-0.15, -0.1) is 0 Å². The second kappa shape index (κ2) is 9.14. The Bertz CT molecular complexity index is 961. The van der Waals surface area contributed by atoms with Crippen molar-refractivity contribution >= 4 is 29.3 Å². The first kappa shape index (κ1) is 22.7. The molecule has 2 amide bonds. The Kier molecular flexibility index (Phi) is 6.47. The molecule has 3 fully saturated rings. The number of hydrogen-bond acceptors (Lipinski definition) is 3. The lowest BCUT2D eigenvalue weighted by Gasteiger charge is -2.63. The quantitative estimate of drug-likeness (QED) is 0.545. The van der Waals surface area contributed by atoms with Gasteiger partial charge in [0.05, 0.1) is 18.6 Å². The lowest BCUT2D eigenvalue weighted by atomic mass is 9.44. The Labute approximate surface area is 195 Å². The number of amides is 2. The van der Waals surface area contributed by atoms with E-state index in [1.807, 2.05) is 42.2 Å².